The average molecular weight is 336 g/mol. The molecule has 0 aliphatic carbocycles. The van der Waals surface area contributed by atoms with Crippen molar-refractivity contribution in [2.75, 3.05) is 18.4 Å². The van der Waals surface area contributed by atoms with E-state index in [1.54, 1.807) is 24.5 Å². The van der Waals surface area contributed by atoms with Gasteiger partial charge in [0.15, 0.2) is 6.19 Å². The molecule has 0 radical (unpaired) electrons. The van der Waals surface area contributed by atoms with E-state index in [0.717, 1.165) is 38.0 Å². The molecule has 0 saturated heterocycles. The highest BCUT2D eigenvalue weighted by Crippen LogP contribution is 2.08. The van der Waals surface area contributed by atoms with E-state index in [1.165, 1.54) is 12.1 Å². The van der Waals surface area contributed by atoms with Crippen molar-refractivity contribution < 1.29 is 0 Å². The highest BCUT2D eigenvalue weighted by molar-refractivity contribution is 5.83. The van der Waals surface area contributed by atoms with Crippen LogP contribution in [0.4, 0.5) is 11.4 Å². The summed E-state index contributed by atoms with van der Waals surface area (Å²) in [7, 11) is 0. The molecule has 0 atom stereocenters. The third-order valence-electron chi connectivity index (χ3n) is 3.58. The fourth-order valence-corrected chi connectivity index (χ4v) is 2.31. The first-order valence-corrected chi connectivity index (χ1v) is 8.55. The zero-order chi connectivity index (χ0) is 17.6. The zero-order valence-corrected chi connectivity index (χ0v) is 14.3. The number of nitrogens with zero attached hydrogens (tertiary/aromatic N) is 3. The molecule has 0 aliphatic rings. The van der Waals surface area contributed by atoms with Gasteiger partial charge in [-0.15, -0.1) is 0 Å². The molecule has 3 N–H and O–H groups in total. The second kappa shape index (κ2) is 11.5. The Kier molecular flexibility index (Phi) is 8.38. The van der Waals surface area contributed by atoms with E-state index in [9.17, 15) is 0 Å². The van der Waals surface area contributed by atoms with Gasteiger partial charge in [-0.1, -0.05) is 31.0 Å². The number of hydrogen-bond donors (Lipinski definition) is 3. The van der Waals surface area contributed by atoms with Crippen LogP contribution in [0.2, 0.25) is 0 Å². The Bertz CT molecular complexity index is 663. The standard InChI is InChI=1S/C19H24N6/c20-16-24-19(25-18-10-14-21-15-11-18)23-13-7-2-1-6-12-22-17-8-4-3-5-9-17/h3-5,8-11,14-15,22H,1-2,6-7,12-13H2,(H2,21,23,24,25). The van der Waals surface area contributed by atoms with Crippen molar-refractivity contribution in [1.82, 2.24) is 15.6 Å². The number of unbranched alkanes of at least 4 members (excludes halogenated alkanes) is 3. The topological polar surface area (TPSA) is 85.1 Å². The maximum Gasteiger partial charge on any atom is 0.209 e. The number of nitrogens with one attached hydrogen (secondary N) is 3. The largest absolute Gasteiger partial charge is 0.385 e. The van der Waals surface area contributed by atoms with Crippen LogP contribution in [0.3, 0.4) is 0 Å². The maximum atomic E-state index is 8.81. The van der Waals surface area contributed by atoms with Crippen LogP contribution in [-0.2, 0) is 0 Å². The van der Waals surface area contributed by atoms with Crippen molar-refractivity contribution in [2.24, 2.45) is 4.99 Å². The molecule has 1 aromatic heterocycles. The van der Waals surface area contributed by atoms with Crippen molar-refractivity contribution >= 4 is 17.3 Å². The molecule has 0 fully saturated rings. The van der Waals surface area contributed by atoms with Crippen molar-refractivity contribution in [2.45, 2.75) is 25.7 Å². The molecule has 25 heavy (non-hydrogen) atoms. The number of nitriles is 1. The number of rotatable bonds is 9. The number of hydrogen-bond acceptors (Lipinski definition) is 4. The van der Waals surface area contributed by atoms with Crippen LogP contribution >= 0.6 is 0 Å². The van der Waals surface area contributed by atoms with Crippen molar-refractivity contribution in [1.29, 1.82) is 5.26 Å². The molecule has 6 heteroatoms. The van der Waals surface area contributed by atoms with E-state index in [4.69, 9.17) is 5.26 Å². The minimum atomic E-state index is 0.472. The van der Waals surface area contributed by atoms with E-state index in [0.29, 0.717) is 5.96 Å². The lowest BCUT2D eigenvalue weighted by Crippen LogP contribution is -2.34. The van der Waals surface area contributed by atoms with Gasteiger partial charge < -0.3 is 10.6 Å². The van der Waals surface area contributed by atoms with Crippen molar-refractivity contribution in [3.63, 3.8) is 0 Å². The van der Waals surface area contributed by atoms with Crippen LogP contribution in [-0.4, -0.2) is 24.0 Å². The number of benzene rings is 1. The first kappa shape index (κ1) is 18.3. The molecular formula is C19H24N6. The van der Waals surface area contributed by atoms with Gasteiger partial charge >= 0.3 is 0 Å². The lowest BCUT2D eigenvalue weighted by Gasteiger charge is -2.08. The molecule has 0 bridgehead atoms. The molecule has 0 spiro atoms. The lowest BCUT2D eigenvalue weighted by atomic mass is 10.2. The summed E-state index contributed by atoms with van der Waals surface area (Å²) in [6, 6.07) is 13.8. The third kappa shape index (κ3) is 7.84. The van der Waals surface area contributed by atoms with Gasteiger partial charge in [-0.25, -0.2) is 4.99 Å². The summed E-state index contributed by atoms with van der Waals surface area (Å²) < 4.78 is 0. The maximum absolute atomic E-state index is 8.81. The summed E-state index contributed by atoms with van der Waals surface area (Å²) in [6.45, 7) is 1.77. The number of para-hydroxylation sites is 1. The van der Waals surface area contributed by atoms with Crippen LogP contribution in [0, 0.1) is 11.5 Å². The minimum Gasteiger partial charge on any atom is -0.385 e. The number of pyridine rings is 1. The van der Waals surface area contributed by atoms with Gasteiger partial charge in [0, 0.05) is 31.2 Å². The van der Waals surface area contributed by atoms with E-state index in [1.807, 2.05) is 24.4 Å². The molecule has 6 nitrogen and oxygen atoms in total. The van der Waals surface area contributed by atoms with E-state index < -0.39 is 0 Å². The van der Waals surface area contributed by atoms with Gasteiger partial charge in [0.05, 0.1) is 5.69 Å². The Balaban J connectivity index is 1.58. The van der Waals surface area contributed by atoms with Gasteiger partial charge in [0.1, 0.15) is 0 Å². The van der Waals surface area contributed by atoms with Crippen LogP contribution < -0.4 is 16.0 Å². The zero-order valence-electron chi connectivity index (χ0n) is 14.3. The predicted molar refractivity (Wildman–Crippen MR) is 101 cm³/mol. The average Bonchev–Trinajstić information content (AvgIpc) is 2.65. The van der Waals surface area contributed by atoms with Gasteiger partial charge in [-0.2, -0.15) is 5.26 Å². The molecule has 130 valence electrons. The molecular weight excluding hydrogens is 312 g/mol. The Morgan fingerprint density at radius 3 is 2.40 bits per heavy atom. The van der Waals surface area contributed by atoms with Crippen LogP contribution in [0.5, 0.6) is 0 Å². The Morgan fingerprint density at radius 1 is 0.960 bits per heavy atom. The van der Waals surface area contributed by atoms with Crippen molar-refractivity contribution in [3.05, 3.63) is 54.9 Å². The molecule has 1 aromatic carbocycles. The summed E-state index contributed by atoms with van der Waals surface area (Å²) in [4.78, 5) is 8.30. The molecule has 0 unspecified atom stereocenters. The van der Waals surface area contributed by atoms with Gasteiger partial charge in [-0.05, 0) is 37.1 Å². The number of aliphatic imine (C=N–C) groups is 1. The summed E-state index contributed by atoms with van der Waals surface area (Å²) in [6.07, 6.45) is 9.74. The lowest BCUT2D eigenvalue weighted by molar-refractivity contribution is 0.641. The van der Waals surface area contributed by atoms with Crippen LogP contribution in [0.15, 0.2) is 59.9 Å². The number of guanidine groups is 1. The quantitative estimate of drug-likeness (QED) is 0.215. The minimum absolute atomic E-state index is 0.472. The van der Waals surface area contributed by atoms with Gasteiger partial charge in [0.2, 0.25) is 5.96 Å². The SMILES string of the molecule is N#CNC(=Nc1ccncc1)NCCCCCCNc1ccccc1. The highest BCUT2D eigenvalue weighted by atomic mass is 15.2. The fraction of sp³-hybridized carbons (Fsp3) is 0.316. The Labute approximate surface area is 149 Å². The predicted octanol–water partition coefficient (Wildman–Crippen LogP) is 3.40. The monoisotopic (exact) mass is 336 g/mol. The molecule has 1 heterocycles. The number of aromatic nitrogens is 1. The smallest absolute Gasteiger partial charge is 0.209 e. The Hall–Kier alpha value is -3.07. The van der Waals surface area contributed by atoms with E-state index in [-0.39, 0.29) is 0 Å². The molecule has 0 saturated carbocycles. The van der Waals surface area contributed by atoms with E-state index >= 15 is 0 Å². The molecule has 2 aromatic rings. The Morgan fingerprint density at radius 2 is 1.68 bits per heavy atom. The first-order chi connectivity index (χ1) is 12.4. The highest BCUT2D eigenvalue weighted by Gasteiger charge is 1.98. The molecule has 0 amide bonds. The molecule has 0 aliphatic heterocycles. The number of anilines is 1. The van der Waals surface area contributed by atoms with Gasteiger partial charge in [0.25, 0.3) is 0 Å². The second-order valence-electron chi connectivity index (χ2n) is 5.54. The third-order valence-corrected chi connectivity index (χ3v) is 3.58. The first-order valence-electron chi connectivity index (χ1n) is 8.55. The van der Waals surface area contributed by atoms with E-state index in [2.05, 4.69) is 38.1 Å². The normalized spacial score (nSPS) is 10.8. The van der Waals surface area contributed by atoms with Crippen LogP contribution in [0.25, 0.3) is 0 Å². The van der Waals surface area contributed by atoms with Gasteiger partial charge in [-0.3, -0.25) is 10.3 Å². The summed E-state index contributed by atoms with van der Waals surface area (Å²) >= 11 is 0. The molecule has 2 rings (SSSR count). The summed E-state index contributed by atoms with van der Waals surface area (Å²) in [5.74, 6) is 0.472. The summed E-state index contributed by atoms with van der Waals surface area (Å²) in [5.41, 5.74) is 1.93. The summed E-state index contributed by atoms with van der Waals surface area (Å²) in [5, 5.41) is 18.0. The second-order valence-corrected chi connectivity index (χ2v) is 5.54. The van der Waals surface area contributed by atoms with Crippen molar-refractivity contribution in [3.8, 4) is 6.19 Å². The fourth-order valence-electron chi connectivity index (χ4n) is 2.31. The van der Waals surface area contributed by atoms with Crippen LogP contribution in [0.1, 0.15) is 25.7 Å².